The topological polar surface area (TPSA) is 43.0 Å². The third-order valence-electron chi connectivity index (χ3n) is 3.68. The van der Waals surface area contributed by atoms with Crippen LogP contribution in [0, 0.1) is 0 Å². The monoisotopic (exact) mass is 283 g/mol. The number of rotatable bonds is 7. The van der Waals surface area contributed by atoms with Crippen molar-refractivity contribution < 1.29 is 4.42 Å². The molecule has 0 saturated heterocycles. The summed E-state index contributed by atoms with van der Waals surface area (Å²) in [7, 11) is 0. The van der Waals surface area contributed by atoms with E-state index in [9.17, 15) is 0 Å². The van der Waals surface area contributed by atoms with Gasteiger partial charge in [-0.1, -0.05) is 12.1 Å². The van der Waals surface area contributed by atoms with Gasteiger partial charge in [0.05, 0.1) is 23.6 Å². The molecule has 0 spiro atoms. The van der Waals surface area contributed by atoms with E-state index < -0.39 is 0 Å². The van der Waals surface area contributed by atoms with Crippen LogP contribution in [0.4, 0.5) is 0 Å². The molecule has 1 aromatic carbocycles. The molecule has 0 amide bonds. The van der Waals surface area contributed by atoms with Crippen LogP contribution in [-0.4, -0.2) is 22.1 Å². The van der Waals surface area contributed by atoms with E-state index in [0.29, 0.717) is 6.04 Å². The Morgan fingerprint density at radius 1 is 1.24 bits per heavy atom. The minimum atomic E-state index is 0.427. The summed E-state index contributed by atoms with van der Waals surface area (Å²) in [5, 5.41) is 3.54. The highest BCUT2D eigenvalue weighted by atomic mass is 16.3. The summed E-state index contributed by atoms with van der Waals surface area (Å²) in [5.41, 5.74) is 2.28. The SMILES string of the molecule is CC(Cc1ccco1)NCCCn1cnc2ccccc21. The first-order chi connectivity index (χ1) is 10.3. The Labute approximate surface area is 124 Å². The molecular weight excluding hydrogens is 262 g/mol. The van der Waals surface area contributed by atoms with E-state index in [1.165, 1.54) is 5.52 Å². The quantitative estimate of drug-likeness (QED) is 0.677. The number of imidazole rings is 1. The molecule has 0 aliphatic rings. The van der Waals surface area contributed by atoms with Crippen molar-refractivity contribution in [1.82, 2.24) is 14.9 Å². The molecule has 21 heavy (non-hydrogen) atoms. The van der Waals surface area contributed by atoms with Crippen LogP contribution in [-0.2, 0) is 13.0 Å². The van der Waals surface area contributed by atoms with Crippen LogP contribution < -0.4 is 5.32 Å². The van der Waals surface area contributed by atoms with Gasteiger partial charge in [-0.3, -0.25) is 0 Å². The lowest BCUT2D eigenvalue weighted by Gasteiger charge is -2.12. The first-order valence-electron chi connectivity index (χ1n) is 7.48. The summed E-state index contributed by atoms with van der Waals surface area (Å²) >= 11 is 0. The van der Waals surface area contributed by atoms with E-state index in [1.807, 2.05) is 24.5 Å². The zero-order valence-electron chi connectivity index (χ0n) is 12.3. The van der Waals surface area contributed by atoms with E-state index >= 15 is 0 Å². The van der Waals surface area contributed by atoms with E-state index in [2.05, 4.69) is 40.0 Å². The lowest BCUT2D eigenvalue weighted by molar-refractivity contribution is 0.450. The minimum absolute atomic E-state index is 0.427. The van der Waals surface area contributed by atoms with Crippen LogP contribution in [0.25, 0.3) is 11.0 Å². The number of furan rings is 1. The molecule has 0 fully saturated rings. The van der Waals surface area contributed by atoms with Gasteiger partial charge in [0.15, 0.2) is 0 Å². The molecular formula is C17H21N3O. The number of nitrogens with one attached hydrogen (secondary N) is 1. The molecule has 0 aliphatic carbocycles. The van der Waals surface area contributed by atoms with Gasteiger partial charge in [0.1, 0.15) is 5.76 Å². The van der Waals surface area contributed by atoms with Crippen LogP contribution >= 0.6 is 0 Å². The summed E-state index contributed by atoms with van der Waals surface area (Å²) in [6.07, 6.45) is 5.67. The van der Waals surface area contributed by atoms with Crippen LogP contribution in [0.2, 0.25) is 0 Å². The molecule has 0 saturated carbocycles. The van der Waals surface area contributed by atoms with Crippen molar-refractivity contribution in [3.63, 3.8) is 0 Å². The summed E-state index contributed by atoms with van der Waals surface area (Å²) in [6, 6.07) is 12.6. The van der Waals surface area contributed by atoms with Gasteiger partial charge in [0.2, 0.25) is 0 Å². The predicted octanol–water partition coefficient (Wildman–Crippen LogP) is 3.24. The number of hydrogen-bond acceptors (Lipinski definition) is 3. The van der Waals surface area contributed by atoms with Crippen LogP contribution in [0.3, 0.4) is 0 Å². The fraction of sp³-hybridized carbons (Fsp3) is 0.353. The second-order valence-electron chi connectivity index (χ2n) is 5.42. The molecule has 1 N–H and O–H groups in total. The van der Waals surface area contributed by atoms with E-state index in [4.69, 9.17) is 4.42 Å². The molecule has 2 heterocycles. The second kappa shape index (κ2) is 6.59. The maximum atomic E-state index is 5.37. The summed E-state index contributed by atoms with van der Waals surface area (Å²) in [6.45, 7) is 4.17. The first-order valence-corrected chi connectivity index (χ1v) is 7.48. The molecule has 2 aromatic heterocycles. The highest BCUT2D eigenvalue weighted by Crippen LogP contribution is 2.12. The Balaban J connectivity index is 1.44. The predicted molar refractivity (Wildman–Crippen MR) is 84.2 cm³/mol. The van der Waals surface area contributed by atoms with Crippen molar-refractivity contribution in [2.24, 2.45) is 0 Å². The van der Waals surface area contributed by atoms with Gasteiger partial charge in [-0.25, -0.2) is 4.98 Å². The van der Waals surface area contributed by atoms with Gasteiger partial charge in [-0.05, 0) is 44.2 Å². The second-order valence-corrected chi connectivity index (χ2v) is 5.42. The number of para-hydroxylation sites is 2. The molecule has 1 unspecified atom stereocenters. The molecule has 0 aliphatic heterocycles. The zero-order valence-corrected chi connectivity index (χ0v) is 12.3. The first kappa shape index (κ1) is 13.9. The number of aromatic nitrogens is 2. The van der Waals surface area contributed by atoms with Crippen LogP contribution in [0.15, 0.2) is 53.4 Å². The lowest BCUT2D eigenvalue weighted by Crippen LogP contribution is -2.29. The minimum Gasteiger partial charge on any atom is -0.469 e. The van der Waals surface area contributed by atoms with Crippen molar-refractivity contribution in [2.75, 3.05) is 6.54 Å². The molecule has 4 heteroatoms. The Morgan fingerprint density at radius 3 is 3.00 bits per heavy atom. The fourth-order valence-corrected chi connectivity index (χ4v) is 2.59. The molecule has 110 valence electrons. The average molecular weight is 283 g/mol. The Kier molecular flexibility index (Phi) is 4.36. The number of aryl methyl sites for hydroxylation is 1. The lowest BCUT2D eigenvalue weighted by atomic mass is 10.2. The summed E-state index contributed by atoms with van der Waals surface area (Å²) < 4.78 is 7.58. The molecule has 3 rings (SSSR count). The van der Waals surface area contributed by atoms with Crippen LogP contribution in [0.5, 0.6) is 0 Å². The third kappa shape index (κ3) is 3.52. The maximum absolute atomic E-state index is 5.37. The number of fused-ring (bicyclic) bond motifs is 1. The number of hydrogen-bond donors (Lipinski definition) is 1. The smallest absolute Gasteiger partial charge is 0.105 e. The fourth-order valence-electron chi connectivity index (χ4n) is 2.59. The van der Waals surface area contributed by atoms with Gasteiger partial charge in [0.25, 0.3) is 0 Å². The largest absolute Gasteiger partial charge is 0.469 e. The van der Waals surface area contributed by atoms with Gasteiger partial charge in [-0.15, -0.1) is 0 Å². The highest BCUT2D eigenvalue weighted by molar-refractivity contribution is 5.74. The molecule has 0 radical (unpaired) electrons. The molecule has 3 aromatic rings. The molecule has 1 atom stereocenters. The van der Waals surface area contributed by atoms with E-state index in [0.717, 1.165) is 37.2 Å². The molecule has 4 nitrogen and oxygen atoms in total. The van der Waals surface area contributed by atoms with Crippen molar-refractivity contribution in [1.29, 1.82) is 0 Å². The average Bonchev–Trinajstić information content (AvgIpc) is 3.13. The third-order valence-corrected chi connectivity index (χ3v) is 3.68. The maximum Gasteiger partial charge on any atom is 0.105 e. The van der Waals surface area contributed by atoms with E-state index in [1.54, 1.807) is 6.26 Å². The number of nitrogens with zero attached hydrogens (tertiary/aromatic N) is 2. The van der Waals surface area contributed by atoms with E-state index in [-0.39, 0.29) is 0 Å². The van der Waals surface area contributed by atoms with Crippen LogP contribution in [0.1, 0.15) is 19.1 Å². The molecule has 0 bridgehead atoms. The Hall–Kier alpha value is -2.07. The summed E-state index contributed by atoms with van der Waals surface area (Å²) in [5.74, 6) is 1.04. The van der Waals surface area contributed by atoms with Crippen molar-refractivity contribution >= 4 is 11.0 Å². The summed E-state index contributed by atoms with van der Waals surface area (Å²) in [4.78, 5) is 4.41. The van der Waals surface area contributed by atoms with Crippen molar-refractivity contribution in [2.45, 2.75) is 32.4 Å². The van der Waals surface area contributed by atoms with Gasteiger partial charge < -0.3 is 14.3 Å². The normalized spacial score (nSPS) is 12.8. The highest BCUT2D eigenvalue weighted by Gasteiger charge is 2.05. The zero-order chi connectivity index (χ0) is 14.5. The number of benzene rings is 1. The van der Waals surface area contributed by atoms with Gasteiger partial charge >= 0.3 is 0 Å². The van der Waals surface area contributed by atoms with Gasteiger partial charge in [-0.2, -0.15) is 0 Å². The van der Waals surface area contributed by atoms with Crippen molar-refractivity contribution in [3.8, 4) is 0 Å². The van der Waals surface area contributed by atoms with Gasteiger partial charge in [0, 0.05) is 19.0 Å². The Morgan fingerprint density at radius 2 is 2.14 bits per heavy atom. The Bertz CT molecular complexity index is 672. The van der Waals surface area contributed by atoms with Crippen molar-refractivity contribution in [3.05, 3.63) is 54.7 Å². The standard InChI is InChI=1S/C17H21N3O/c1-14(12-15-6-4-11-21-15)18-9-5-10-20-13-19-16-7-2-3-8-17(16)20/h2-4,6-8,11,13-14,18H,5,9-10,12H2,1H3.